The summed E-state index contributed by atoms with van der Waals surface area (Å²) < 4.78 is 0. The quantitative estimate of drug-likeness (QED) is 0.869. The summed E-state index contributed by atoms with van der Waals surface area (Å²) in [4.78, 5) is 16.5. The van der Waals surface area contributed by atoms with E-state index in [-0.39, 0.29) is 5.91 Å². The van der Waals surface area contributed by atoms with Crippen molar-refractivity contribution >= 4 is 11.6 Å². The molecule has 1 aromatic rings. The van der Waals surface area contributed by atoms with Gasteiger partial charge in [-0.25, -0.2) is 0 Å². The number of carbonyl (C=O) groups excluding carboxylic acids is 1. The van der Waals surface area contributed by atoms with Gasteiger partial charge in [0.2, 0.25) is 5.91 Å². The first-order valence-corrected chi connectivity index (χ1v) is 9.28. The molecule has 0 radical (unpaired) electrons. The molecule has 1 amide bonds. The standard InChI is InChI=1S/C20H33N3O/c1-6-23(7-2)20(24)13-17-8-10-18(11-9-17)21-19-12-16(4)22(5)14-15(19)3/h8-11,15-16,19,21H,6-7,12-14H2,1-5H3/t15-,16+,19-/m1/s1. The van der Waals surface area contributed by atoms with Crippen LogP contribution in [0.15, 0.2) is 24.3 Å². The fourth-order valence-corrected chi connectivity index (χ4v) is 3.54. The molecule has 1 aliphatic rings. The van der Waals surface area contributed by atoms with Gasteiger partial charge in [0.25, 0.3) is 0 Å². The second-order valence-corrected chi connectivity index (χ2v) is 7.19. The van der Waals surface area contributed by atoms with Crippen LogP contribution in [0.1, 0.15) is 39.7 Å². The number of piperidine rings is 1. The number of rotatable bonds is 6. The molecule has 3 atom stereocenters. The Morgan fingerprint density at radius 1 is 1.21 bits per heavy atom. The van der Waals surface area contributed by atoms with Crippen LogP contribution in [0.5, 0.6) is 0 Å². The lowest BCUT2D eigenvalue weighted by Gasteiger charge is -2.40. The van der Waals surface area contributed by atoms with E-state index in [1.54, 1.807) is 0 Å². The maximum absolute atomic E-state index is 12.2. The van der Waals surface area contributed by atoms with Gasteiger partial charge in [0.05, 0.1) is 6.42 Å². The molecule has 1 fully saturated rings. The van der Waals surface area contributed by atoms with Gasteiger partial charge in [-0.15, -0.1) is 0 Å². The van der Waals surface area contributed by atoms with Crippen molar-refractivity contribution in [3.63, 3.8) is 0 Å². The predicted molar refractivity (Wildman–Crippen MR) is 101 cm³/mol. The van der Waals surface area contributed by atoms with Crippen LogP contribution in [-0.4, -0.2) is 54.5 Å². The monoisotopic (exact) mass is 331 g/mol. The summed E-state index contributed by atoms with van der Waals surface area (Å²) in [5.74, 6) is 0.841. The van der Waals surface area contributed by atoms with Crippen molar-refractivity contribution in [3.05, 3.63) is 29.8 Å². The summed E-state index contributed by atoms with van der Waals surface area (Å²) in [5.41, 5.74) is 2.24. The number of nitrogens with zero attached hydrogens (tertiary/aromatic N) is 2. The van der Waals surface area contributed by atoms with E-state index in [2.05, 4.69) is 55.4 Å². The Bertz CT molecular complexity index is 524. The molecule has 134 valence electrons. The van der Waals surface area contributed by atoms with Crippen LogP contribution in [0.2, 0.25) is 0 Å². The fourth-order valence-electron chi connectivity index (χ4n) is 3.54. The van der Waals surface area contributed by atoms with Gasteiger partial charge in [-0.2, -0.15) is 0 Å². The third-order valence-corrected chi connectivity index (χ3v) is 5.39. The van der Waals surface area contributed by atoms with Crippen molar-refractivity contribution in [2.45, 2.75) is 52.6 Å². The summed E-state index contributed by atoms with van der Waals surface area (Å²) >= 11 is 0. The number of benzene rings is 1. The van der Waals surface area contributed by atoms with E-state index in [0.717, 1.165) is 30.9 Å². The average Bonchev–Trinajstić information content (AvgIpc) is 2.55. The Labute approximate surface area is 147 Å². The number of anilines is 1. The van der Waals surface area contributed by atoms with Crippen LogP contribution in [0.3, 0.4) is 0 Å². The summed E-state index contributed by atoms with van der Waals surface area (Å²) in [5, 5.41) is 3.69. The van der Waals surface area contributed by atoms with Crippen molar-refractivity contribution in [1.29, 1.82) is 0 Å². The van der Waals surface area contributed by atoms with Crippen LogP contribution in [-0.2, 0) is 11.2 Å². The van der Waals surface area contributed by atoms with E-state index in [4.69, 9.17) is 0 Å². The van der Waals surface area contributed by atoms with E-state index in [0.29, 0.717) is 24.4 Å². The molecule has 1 saturated heterocycles. The lowest BCUT2D eigenvalue weighted by molar-refractivity contribution is -0.130. The number of hydrogen-bond acceptors (Lipinski definition) is 3. The molecule has 4 heteroatoms. The number of nitrogens with one attached hydrogen (secondary N) is 1. The highest BCUT2D eigenvalue weighted by molar-refractivity contribution is 5.78. The van der Waals surface area contributed by atoms with Crippen LogP contribution < -0.4 is 5.32 Å². The minimum atomic E-state index is 0.207. The van der Waals surface area contributed by atoms with E-state index < -0.39 is 0 Å². The molecule has 0 aromatic heterocycles. The van der Waals surface area contributed by atoms with E-state index in [1.165, 1.54) is 6.42 Å². The van der Waals surface area contributed by atoms with Gasteiger partial charge in [0, 0.05) is 37.4 Å². The number of likely N-dealkylation sites (tertiary alicyclic amines) is 1. The van der Waals surface area contributed by atoms with Gasteiger partial charge in [-0.1, -0.05) is 19.1 Å². The maximum atomic E-state index is 12.2. The molecule has 4 nitrogen and oxygen atoms in total. The Morgan fingerprint density at radius 3 is 2.42 bits per heavy atom. The first kappa shape index (κ1) is 18.8. The van der Waals surface area contributed by atoms with Crippen molar-refractivity contribution in [2.75, 3.05) is 32.0 Å². The molecule has 1 N–H and O–H groups in total. The Morgan fingerprint density at radius 2 is 1.83 bits per heavy atom. The third kappa shape index (κ3) is 4.73. The predicted octanol–water partition coefficient (Wildman–Crippen LogP) is 3.24. The molecular weight excluding hydrogens is 298 g/mol. The summed E-state index contributed by atoms with van der Waals surface area (Å²) in [6, 6.07) is 9.50. The van der Waals surface area contributed by atoms with Crippen LogP contribution >= 0.6 is 0 Å². The Kier molecular flexibility index (Phi) is 6.67. The van der Waals surface area contributed by atoms with Gasteiger partial charge in [0.15, 0.2) is 0 Å². The smallest absolute Gasteiger partial charge is 0.226 e. The van der Waals surface area contributed by atoms with Crippen LogP contribution in [0.25, 0.3) is 0 Å². The molecule has 0 aliphatic carbocycles. The topological polar surface area (TPSA) is 35.6 Å². The zero-order chi connectivity index (χ0) is 17.7. The van der Waals surface area contributed by atoms with Crippen molar-refractivity contribution in [1.82, 2.24) is 9.80 Å². The van der Waals surface area contributed by atoms with E-state index >= 15 is 0 Å². The Hall–Kier alpha value is -1.55. The van der Waals surface area contributed by atoms with E-state index in [1.807, 2.05) is 18.7 Å². The molecule has 0 saturated carbocycles. The zero-order valence-electron chi connectivity index (χ0n) is 15.9. The van der Waals surface area contributed by atoms with Crippen molar-refractivity contribution in [3.8, 4) is 0 Å². The average molecular weight is 332 g/mol. The number of amides is 1. The van der Waals surface area contributed by atoms with Crippen molar-refractivity contribution in [2.24, 2.45) is 5.92 Å². The minimum Gasteiger partial charge on any atom is -0.382 e. The van der Waals surface area contributed by atoms with Crippen LogP contribution in [0.4, 0.5) is 5.69 Å². The SMILES string of the molecule is CCN(CC)C(=O)Cc1ccc(N[C@@H]2C[C@H](C)N(C)C[C@H]2C)cc1. The third-order valence-electron chi connectivity index (χ3n) is 5.39. The number of likely N-dealkylation sites (N-methyl/N-ethyl adjacent to an activating group) is 1. The van der Waals surface area contributed by atoms with Gasteiger partial charge in [-0.05, 0) is 57.9 Å². The fraction of sp³-hybridized carbons (Fsp3) is 0.650. The lowest BCUT2D eigenvalue weighted by atomic mass is 9.89. The molecule has 0 bridgehead atoms. The molecule has 2 rings (SSSR count). The number of hydrogen-bond donors (Lipinski definition) is 1. The second-order valence-electron chi connectivity index (χ2n) is 7.19. The molecule has 0 spiro atoms. The van der Waals surface area contributed by atoms with Gasteiger partial charge < -0.3 is 15.1 Å². The summed E-state index contributed by atoms with van der Waals surface area (Å²) in [6.07, 6.45) is 1.66. The maximum Gasteiger partial charge on any atom is 0.226 e. The van der Waals surface area contributed by atoms with E-state index in [9.17, 15) is 4.79 Å². The summed E-state index contributed by atoms with van der Waals surface area (Å²) in [6.45, 7) is 11.4. The lowest BCUT2D eigenvalue weighted by Crippen LogP contribution is -2.48. The van der Waals surface area contributed by atoms with Gasteiger partial charge in [0.1, 0.15) is 0 Å². The highest BCUT2D eigenvalue weighted by Crippen LogP contribution is 2.24. The zero-order valence-corrected chi connectivity index (χ0v) is 15.9. The minimum absolute atomic E-state index is 0.207. The summed E-state index contributed by atoms with van der Waals surface area (Å²) in [7, 11) is 2.21. The molecule has 1 heterocycles. The largest absolute Gasteiger partial charge is 0.382 e. The number of carbonyl (C=O) groups is 1. The molecule has 1 aliphatic heterocycles. The highest BCUT2D eigenvalue weighted by Gasteiger charge is 2.28. The first-order valence-electron chi connectivity index (χ1n) is 9.28. The normalized spacial score (nSPS) is 24.6. The molecule has 0 unspecified atom stereocenters. The first-order chi connectivity index (χ1) is 11.4. The highest BCUT2D eigenvalue weighted by atomic mass is 16.2. The molecular formula is C20H33N3O. The van der Waals surface area contributed by atoms with Gasteiger partial charge >= 0.3 is 0 Å². The van der Waals surface area contributed by atoms with Crippen LogP contribution in [0, 0.1) is 5.92 Å². The van der Waals surface area contributed by atoms with Crippen molar-refractivity contribution < 1.29 is 4.79 Å². The van der Waals surface area contributed by atoms with Gasteiger partial charge in [-0.3, -0.25) is 4.79 Å². The molecule has 1 aromatic carbocycles. The second kappa shape index (κ2) is 8.52. The molecule has 24 heavy (non-hydrogen) atoms. The Balaban J connectivity index is 1.93.